The maximum absolute atomic E-state index is 4.43. The van der Waals surface area contributed by atoms with Crippen LogP contribution in [-0.2, 0) is 19.2 Å². The molecule has 26 heavy (non-hydrogen) atoms. The molecule has 0 aliphatic heterocycles. The summed E-state index contributed by atoms with van der Waals surface area (Å²) in [5, 5.41) is 12.3. The average molecular weight is 424 g/mol. The Bertz CT molecular complexity index is 1040. The molecule has 0 bridgehead atoms. The van der Waals surface area contributed by atoms with Gasteiger partial charge in [0, 0.05) is 23.7 Å². The van der Waals surface area contributed by atoms with Crippen molar-refractivity contribution < 1.29 is 0 Å². The summed E-state index contributed by atoms with van der Waals surface area (Å²) < 4.78 is 3.20. The van der Waals surface area contributed by atoms with Gasteiger partial charge in [-0.25, -0.2) is 0 Å². The molecule has 0 radical (unpaired) electrons. The molecule has 0 unspecified atom stereocenters. The zero-order chi connectivity index (χ0) is 17.9. The smallest absolute Gasteiger partial charge is 0.191 e. The Kier molecular flexibility index (Phi) is 5.09. The molecular formula is C21H18BrN3S. The number of nitrogens with zero attached hydrogens (tertiary/aromatic N) is 3. The molecule has 5 heteroatoms. The first-order chi connectivity index (χ1) is 12.7. The first-order valence-corrected chi connectivity index (χ1v) is 10.2. The quantitative estimate of drug-likeness (QED) is 0.390. The molecule has 0 spiro atoms. The van der Waals surface area contributed by atoms with Gasteiger partial charge in [-0.1, -0.05) is 82.3 Å². The van der Waals surface area contributed by atoms with Gasteiger partial charge in [-0.2, -0.15) is 0 Å². The lowest BCUT2D eigenvalue weighted by Crippen LogP contribution is -2.01. The van der Waals surface area contributed by atoms with Crippen LogP contribution < -0.4 is 0 Å². The molecule has 1 heterocycles. The van der Waals surface area contributed by atoms with Crippen LogP contribution in [0.15, 0.2) is 76.4 Å². The van der Waals surface area contributed by atoms with Crippen LogP contribution in [0.4, 0.5) is 0 Å². The Morgan fingerprint density at radius 1 is 0.923 bits per heavy atom. The zero-order valence-electron chi connectivity index (χ0n) is 14.4. The van der Waals surface area contributed by atoms with Crippen LogP contribution in [-0.4, -0.2) is 14.8 Å². The SMILES string of the molecule is Cn1c(Cc2cccc3ccccc23)nnc1SCc1ccc(Br)cc1. The average Bonchev–Trinajstić information content (AvgIpc) is 3.01. The molecule has 0 atom stereocenters. The van der Waals surface area contributed by atoms with E-state index in [1.165, 1.54) is 21.9 Å². The summed E-state index contributed by atoms with van der Waals surface area (Å²) in [5.41, 5.74) is 2.56. The van der Waals surface area contributed by atoms with Crippen LogP contribution in [0.2, 0.25) is 0 Å². The van der Waals surface area contributed by atoms with Crippen molar-refractivity contribution in [2.24, 2.45) is 7.05 Å². The standard InChI is InChI=1S/C21H18BrN3S/c1-25-20(13-17-7-4-6-16-5-2-3-8-19(16)17)23-24-21(25)26-14-15-9-11-18(22)12-10-15/h2-12H,13-14H2,1H3. The lowest BCUT2D eigenvalue weighted by molar-refractivity contribution is 0.750. The number of halogens is 1. The van der Waals surface area contributed by atoms with E-state index in [4.69, 9.17) is 0 Å². The minimum Gasteiger partial charge on any atom is -0.309 e. The van der Waals surface area contributed by atoms with E-state index in [1.807, 2.05) is 7.05 Å². The number of aromatic nitrogens is 3. The molecule has 3 nitrogen and oxygen atoms in total. The van der Waals surface area contributed by atoms with Crippen molar-refractivity contribution in [1.82, 2.24) is 14.8 Å². The highest BCUT2D eigenvalue weighted by molar-refractivity contribution is 9.10. The van der Waals surface area contributed by atoms with E-state index in [-0.39, 0.29) is 0 Å². The summed E-state index contributed by atoms with van der Waals surface area (Å²) >= 11 is 5.19. The Morgan fingerprint density at radius 3 is 2.54 bits per heavy atom. The summed E-state index contributed by atoms with van der Waals surface area (Å²) in [4.78, 5) is 0. The van der Waals surface area contributed by atoms with E-state index in [9.17, 15) is 0 Å². The molecule has 0 fully saturated rings. The van der Waals surface area contributed by atoms with Gasteiger partial charge in [-0.15, -0.1) is 10.2 Å². The minimum atomic E-state index is 0.781. The second-order valence-electron chi connectivity index (χ2n) is 6.19. The summed E-state index contributed by atoms with van der Waals surface area (Å²) in [6.07, 6.45) is 0.781. The largest absolute Gasteiger partial charge is 0.309 e. The van der Waals surface area contributed by atoms with Gasteiger partial charge in [0.05, 0.1) is 0 Å². The highest BCUT2D eigenvalue weighted by Crippen LogP contribution is 2.25. The van der Waals surface area contributed by atoms with Crippen molar-refractivity contribution in [2.45, 2.75) is 17.3 Å². The summed E-state index contributed by atoms with van der Waals surface area (Å²) in [5.74, 6) is 1.87. The molecular weight excluding hydrogens is 406 g/mol. The van der Waals surface area contributed by atoms with Gasteiger partial charge in [0.1, 0.15) is 5.82 Å². The van der Waals surface area contributed by atoms with Gasteiger partial charge in [-0.3, -0.25) is 0 Å². The molecule has 0 aliphatic carbocycles. The highest BCUT2D eigenvalue weighted by atomic mass is 79.9. The zero-order valence-corrected chi connectivity index (χ0v) is 16.8. The third kappa shape index (κ3) is 3.69. The first-order valence-electron chi connectivity index (χ1n) is 8.43. The van der Waals surface area contributed by atoms with Crippen molar-refractivity contribution in [3.63, 3.8) is 0 Å². The van der Waals surface area contributed by atoms with Crippen molar-refractivity contribution in [1.29, 1.82) is 0 Å². The van der Waals surface area contributed by atoms with Crippen LogP contribution in [0.25, 0.3) is 10.8 Å². The summed E-state index contributed by atoms with van der Waals surface area (Å²) in [6.45, 7) is 0. The number of benzene rings is 3. The molecule has 4 rings (SSSR count). The van der Waals surface area contributed by atoms with Crippen molar-refractivity contribution in [2.75, 3.05) is 0 Å². The van der Waals surface area contributed by atoms with E-state index < -0.39 is 0 Å². The van der Waals surface area contributed by atoms with Crippen molar-refractivity contribution in [3.05, 3.63) is 88.2 Å². The molecule has 0 N–H and O–H groups in total. The van der Waals surface area contributed by atoms with E-state index >= 15 is 0 Å². The number of hydrogen-bond donors (Lipinski definition) is 0. The van der Waals surface area contributed by atoms with Crippen molar-refractivity contribution in [3.8, 4) is 0 Å². The van der Waals surface area contributed by atoms with Gasteiger partial charge in [0.2, 0.25) is 0 Å². The van der Waals surface area contributed by atoms with E-state index in [0.29, 0.717) is 0 Å². The maximum atomic E-state index is 4.43. The lowest BCUT2D eigenvalue weighted by Gasteiger charge is -2.07. The third-order valence-electron chi connectivity index (χ3n) is 4.43. The number of thioether (sulfide) groups is 1. The molecule has 3 aromatic carbocycles. The number of rotatable bonds is 5. The summed E-state index contributed by atoms with van der Waals surface area (Å²) in [7, 11) is 2.05. The molecule has 0 saturated heterocycles. The number of fused-ring (bicyclic) bond motifs is 1. The highest BCUT2D eigenvalue weighted by Gasteiger charge is 2.11. The fourth-order valence-electron chi connectivity index (χ4n) is 2.97. The predicted octanol–water partition coefficient (Wildman–Crippen LogP) is 5.61. The van der Waals surface area contributed by atoms with Gasteiger partial charge >= 0.3 is 0 Å². The van der Waals surface area contributed by atoms with Crippen molar-refractivity contribution >= 4 is 38.5 Å². The normalized spacial score (nSPS) is 11.2. The molecule has 0 aliphatic rings. The number of hydrogen-bond acceptors (Lipinski definition) is 3. The molecule has 1 aromatic heterocycles. The fourth-order valence-corrected chi connectivity index (χ4v) is 4.12. The van der Waals surface area contributed by atoms with Crippen LogP contribution in [0, 0.1) is 0 Å². The first kappa shape index (κ1) is 17.3. The van der Waals surface area contributed by atoms with Gasteiger partial charge in [0.15, 0.2) is 5.16 Å². The molecule has 0 amide bonds. The Labute approximate surface area is 165 Å². The van der Waals surface area contributed by atoms with E-state index in [2.05, 4.69) is 97.4 Å². The molecule has 130 valence electrons. The second kappa shape index (κ2) is 7.64. The Balaban J connectivity index is 1.52. The van der Waals surface area contributed by atoms with Crippen LogP contribution in [0.5, 0.6) is 0 Å². The monoisotopic (exact) mass is 423 g/mol. The van der Waals surface area contributed by atoms with Gasteiger partial charge in [0.25, 0.3) is 0 Å². The molecule has 0 saturated carbocycles. The maximum Gasteiger partial charge on any atom is 0.191 e. The van der Waals surface area contributed by atoms with Gasteiger partial charge in [-0.05, 0) is 34.0 Å². The minimum absolute atomic E-state index is 0.781. The molecule has 4 aromatic rings. The second-order valence-corrected chi connectivity index (χ2v) is 8.05. The van der Waals surface area contributed by atoms with E-state index in [0.717, 1.165) is 27.6 Å². The lowest BCUT2D eigenvalue weighted by atomic mass is 10.0. The van der Waals surface area contributed by atoms with Crippen LogP contribution in [0.3, 0.4) is 0 Å². The van der Waals surface area contributed by atoms with E-state index in [1.54, 1.807) is 11.8 Å². The fraction of sp³-hybridized carbons (Fsp3) is 0.143. The predicted molar refractivity (Wildman–Crippen MR) is 111 cm³/mol. The topological polar surface area (TPSA) is 30.7 Å². The van der Waals surface area contributed by atoms with Crippen LogP contribution >= 0.6 is 27.7 Å². The third-order valence-corrected chi connectivity index (χ3v) is 6.05. The Hall–Kier alpha value is -2.11. The summed E-state index contributed by atoms with van der Waals surface area (Å²) in [6, 6.07) is 23.3. The van der Waals surface area contributed by atoms with Crippen LogP contribution in [0.1, 0.15) is 17.0 Å². The van der Waals surface area contributed by atoms with Gasteiger partial charge < -0.3 is 4.57 Å². The Morgan fingerprint density at radius 2 is 1.69 bits per heavy atom.